The smallest absolute Gasteiger partial charge is 0.345 e. The van der Waals surface area contributed by atoms with Crippen LogP contribution in [0.5, 0.6) is 0 Å². The van der Waals surface area contributed by atoms with Crippen molar-refractivity contribution in [1.29, 1.82) is 0 Å². The van der Waals surface area contributed by atoms with Crippen molar-refractivity contribution in [1.82, 2.24) is 0 Å². The van der Waals surface area contributed by atoms with Gasteiger partial charge < -0.3 is 9.84 Å². The third-order valence-electron chi connectivity index (χ3n) is 1.66. The summed E-state index contributed by atoms with van der Waals surface area (Å²) >= 11 is 1.36. The van der Waals surface area contributed by atoms with E-state index in [-0.39, 0.29) is 5.41 Å². The van der Waals surface area contributed by atoms with Gasteiger partial charge in [-0.25, -0.2) is 4.79 Å². The highest BCUT2D eigenvalue weighted by atomic mass is 32.2. The first-order valence-electron chi connectivity index (χ1n) is 4.16. The first kappa shape index (κ1) is 10.4. The second-order valence-corrected chi connectivity index (χ2v) is 5.02. The minimum absolute atomic E-state index is 0.221. The summed E-state index contributed by atoms with van der Waals surface area (Å²) in [4.78, 5) is 11.2. The third-order valence-corrected chi connectivity index (χ3v) is 2.68. The van der Waals surface area contributed by atoms with Crippen molar-refractivity contribution in [3.63, 3.8) is 0 Å². The van der Waals surface area contributed by atoms with Crippen LogP contribution in [-0.2, 0) is 9.53 Å². The van der Waals surface area contributed by atoms with Crippen LogP contribution in [0.4, 0.5) is 0 Å². The lowest BCUT2D eigenvalue weighted by Crippen LogP contribution is -2.22. The van der Waals surface area contributed by atoms with E-state index in [1.54, 1.807) is 0 Å². The SMILES string of the molecule is CC(C)(C)C1=C(C(=O)O)SCCO1. The van der Waals surface area contributed by atoms with Crippen molar-refractivity contribution >= 4 is 17.7 Å². The average Bonchev–Trinajstić information content (AvgIpc) is 2.03. The Morgan fingerprint density at radius 2 is 2.15 bits per heavy atom. The highest BCUT2D eigenvalue weighted by molar-refractivity contribution is 8.04. The van der Waals surface area contributed by atoms with Gasteiger partial charge in [-0.1, -0.05) is 20.8 Å². The molecule has 0 radical (unpaired) electrons. The molecule has 1 heterocycles. The standard InChI is InChI=1S/C9H14O3S/c1-9(2,3)7-6(8(10)11)13-5-4-12-7/h4-5H2,1-3H3,(H,10,11). The van der Waals surface area contributed by atoms with Crippen LogP contribution in [0, 0.1) is 5.41 Å². The van der Waals surface area contributed by atoms with Gasteiger partial charge in [-0.3, -0.25) is 0 Å². The van der Waals surface area contributed by atoms with Crippen LogP contribution in [0.3, 0.4) is 0 Å². The van der Waals surface area contributed by atoms with Gasteiger partial charge in [0.15, 0.2) is 0 Å². The maximum absolute atomic E-state index is 10.9. The molecule has 0 saturated heterocycles. The van der Waals surface area contributed by atoms with Crippen LogP contribution in [0.2, 0.25) is 0 Å². The second-order valence-electron chi connectivity index (χ2n) is 3.91. The second kappa shape index (κ2) is 3.62. The number of aliphatic carboxylic acids is 1. The number of rotatable bonds is 1. The number of carboxylic acids is 1. The topological polar surface area (TPSA) is 46.5 Å². The van der Waals surface area contributed by atoms with Crippen LogP contribution in [0.25, 0.3) is 0 Å². The molecule has 0 unspecified atom stereocenters. The zero-order valence-electron chi connectivity index (χ0n) is 8.09. The molecule has 0 fully saturated rings. The molecule has 0 aromatic rings. The van der Waals surface area contributed by atoms with Crippen LogP contribution in [0.15, 0.2) is 10.7 Å². The maximum Gasteiger partial charge on any atom is 0.345 e. The van der Waals surface area contributed by atoms with Gasteiger partial charge in [-0.05, 0) is 0 Å². The van der Waals surface area contributed by atoms with E-state index in [1.807, 2.05) is 20.8 Å². The number of hydrogen-bond donors (Lipinski definition) is 1. The third kappa shape index (κ3) is 2.40. The Balaban J connectivity index is 3.04. The van der Waals surface area contributed by atoms with Gasteiger partial charge in [-0.2, -0.15) is 0 Å². The molecule has 0 amide bonds. The zero-order valence-corrected chi connectivity index (χ0v) is 8.90. The van der Waals surface area contributed by atoms with Gasteiger partial charge in [0, 0.05) is 11.2 Å². The van der Waals surface area contributed by atoms with Gasteiger partial charge in [0.25, 0.3) is 0 Å². The van der Waals surface area contributed by atoms with E-state index in [4.69, 9.17) is 9.84 Å². The summed E-state index contributed by atoms with van der Waals surface area (Å²) < 4.78 is 5.39. The molecule has 0 atom stereocenters. The first-order valence-corrected chi connectivity index (χ1v) is 5.15. The summed E-state index contributed by atoms with van der Waals surface area (Å²) in [5.41, 5.74) is -0.221. The molecule has 0 bridgehead atoms. The van der Waals surface area contributed by atoms with Crippen molar-refractivity contribution < 1.29 is 14.6 Å². The highest BCUT2D eigenvalue weighted by Gasteiger charge is 2.29. The predicted octanol–water partition coefficient (Wildman–Crippen LogP) is 2.09. The minimum Gasteiger partial charge on any atom is -0.495 e. The Bertz CT molecular complexity index is 250. The number of hydrogen-bond acceptors (Lipinski definition) is 3. The maximum atomic E-state index is 10.9. The van der Waals surface area contributed by atoms with E-state index in [1.165, 1.54) is 11.8 Å². The predicted molar refractivity (Wildman–Crippen MR) is 52.5 cm³/mol. The van der Waals surface area contributed by atoms with E-state index in [0.717, 1.165) is 5.75 Å². The van der Waals surface area contributed by atoms with Gasteiger partial charge in [-0.15, -0.1) is 11.8 Å². The molecule has 1 aliphatic rings. The minimum atomic E-state index is -0.880. The normalized spacial score (nSPS) is 18.4. The molecule has 4 heteroatoms. The average molecular weight is 202 g/mol. The molecule has 1 aliphatic heterocycles. The van der Waals surface area contributed by atoms with Crippen molar-refractivity contribution in [3.05, 3.63) is 10.7 Å². The lowest BCUT2D eigenvalue weighted by molar-refractivity contribution is -0.132. The van der Waals surface area contributed by atoms with Crippen LogP contribution >= 0.6 is 11.8 Å². The molecular weight excluding hydrogens is 188 g/mol. The Morgan fingerprint density at radius 3 is 2.54 bits per heavy atom. The molecule has 13 heavy (non-hydrogen) atoms. The van der Waals surface area contributed by atoms with Crippen molar-refractivity contribution in [3.8, 4) is 0 Å². The molecular formula is C9H14O3S. The van der Waals surface area contributed by atoms with Gasteiger partial charge in [0.1, 0.15) is 10.7 Å². The van der Waals surface area contributed by atoms with Crippen LogP contribution in [-0.4, -0.2) is 23.4 Å². The van der Waals surface area contributed by atoms with E-state index in [0.29, 0.717) is 17.3 Å². The summed E-state index contributed by atoms with van der Waals surface area (Å²) in [6.07, 6.45) is 0. The molecule has 74 valence electrons. The summed E-state index contributed by atoms with van der Waals surface area (Å²) in [6, 6.07) is 0. The largest absolute Gasteiger partial charge is 0.495 e. The van der Waals surface area contributed by atoms with Crippen molar-refractivity contribution in [2.45, 2.75) is 20.8 Å². The van der Waals surface area contributed by atoms with Crippen LogP contribution < -0.4 is 0 Å². The quantitative estimate of drug-likeness (QED) is 0.707. The fourth-order valence-electron chi connectivity index (χ4n) is 1.13. The van der Waals surface area contributed by atoms with E-state index < -0.39 is 5.97 Å². The zero-order chi connectivity index (χ0) is 10.1. The number of carboxylic acid groups (broad SMARTS) is 1. The monoisotopic (exact) mass is 202 g/mol. The van der Waals surface area contributed by atoms with Crippen LogP contribution in [0.1, 0.15) is 20.8 Å². The Hall–Kier alpha value is -0.640. The van der Waals surface area contributed by atoms with E-state index in [9.17, 15) is 4.79 Å². The summed E-state index contributed by atoms with van der Waals surface area (Å²) in [5.74, 6) is 0.451. The molecule has 1 N–H and O–H groups in total. The fraction of sp³-hybridized carbons (Fsp3) is 0.667. The number of carbonyl (C=O) groups is 1. The molecule has 0 aliphatic carbocycles. The first-order chi connectivity index (χ1) is 5.93. The number of allylic oxidation sites excluding steroid dienone is 1. The van der Waals surface area contributed by atoms with E-state index in [2.05, 4.69) is 0 Å². The Kier molecular flexibility index (Phi) is 2.91. The van der Waals surface area contributed by atoms with Gasteiger partial charge >= 0.3 is 5.97 Å². The Morgan fingerprint density at radius 1 is 1.54 bits per heavy atom. The van der Waals surface area contributed by atoms with Crippen molar-refractivity contribution in [2.75, 3.05) is 12.4 Å². The summed E-state index contributed by atoms with van der Waals surface area (Å²) in [6.45, 7) is 6.47. The summed E-state index contributed by atoms with van der Waals surface area (Å²) in [7, 11) is 0. The lowest BCUT2D eigenvalue weighted by Gasteiger charge is -2.28. The number of ether oxygens (including phenoxy) is 1. The van der Waals surface area contributed by atoms with Gasteiger partial charge in [0.05, 0.1) is 6.61 Å². The Labute approximate surface area is 82.2 Å². The molecule has 0 saturated carbocycles. The molecule has 1 rings (SSSR count). The van der Waals surface area contributed by atoms with Gasteiger partial charge in [0.2, 0.25) is 0 Å². The molecule has 3 nitrogen and oxygen atoms in total. The molecule has 0 aromatic heterocycles. The lowest BCUT2D eigenvalue weighted by atomic mass is 9.93. The van der Waals surface area contributed by atoms with Crippen molar-refractivity contribution in [2.24, 2.45) is 5.41 Å². The van der Waals surface area contributed by atoms with E-state index >= 15 is 0 Å². The highest BCUT2D eigenvalue weighted by Crippen LogP contribution is 2.36. The summed E-state index contributed by atoms with van der Waals surface area (Å²) in [5, 5.41) is 8.91. The molecule has 0 aromatic carbocycles. The number of thioether (sulfide) groups is 1. The fourth-order valence-corrected chi connectivity index (χ4v) is 2.12. The molecule has 0 spiro atoms.